The Morgan fingerprint density at radius 2 is 2.11 bits per heavy atom. The van der Waals surface area contributed by atoms with Crippen LogP contribution < -0.4 is 0 Å². The van der Waals surface area contributed by atoms with E-state index < -0.39 is 4.92 Å². The molecule has 0 unspecified atom stereocenters. The molecule has 6 heteroatoms. The molecule has 0 aliphatic carbocycles. The van der Waals surface area contributed by atoms with Crippen LogP contribution in [0.1, 0.15) is 11.1 Å². The van der Waals surface area contributed by atoms with Crippen molar-refractivity contribution >= 4 is 44.6 Å². The van der Waals surface area contributed by atoms with Gasteiger partial charge in [0.2, 0.25) is 0 Å². The first-order valence-corrected chi connectivity index (χ1v) is 6.88. The van der Waals surface area contributed by atoms with Crippen molar-refractivity contribution in [3.8, 4) is 6.07 Å². The van der Waals surface area contributed by atoms with E-state index in [1.807, 2.05) is 11.4 Å². The summed E-state index contributed by atoms with van der Waals surface area (Å²) >= 11 is 4.89. The summed E-state index contributed by atoms with van der Waals surface area (Å²) in [6, 6.07) is 9.96. The van der Waals surface area contributed by atoms with Gasteiger partial charge in [0.25, 0.3) is 5.69 Å². The van der Waals surface area contributed by atoms with Crippen molar-refractivity contribution in [2.75, 3.05) is 0 Å². The highest BCUT2D eigenvalue weighted by Crippen LogP contribution is 2.25. The Hall–Kier alpha value is -1.97. The third-order valence-electron chi connectivity index (χ3n) is 2.41. The lowest BCUT2D eigenvalue weighted by molar-refractivity contribution is -0.384. The van der Waals surface area contributed by atoms with Gasteiger partial charge < -0.3 is 0 Å². The van der Waals surface area contributed by atoms with Crippen LogP contribution in [-0.4, -0.2) is 4.92 Å². The Morgan fingerprint density at radius 3 is 2.58 bits per heavy atom. The number of rotatable bonds is 3. The Kier molecular flexibility index (Phi) is 4.10. The van der Waals surface area contributed by atoms with Crippen molar-refractivity contribution in [1.29, 1.82) is 5.26 Å². The van der Waals surface area contributed by atoms with Gasteiger partial charge in [0, 0.05) is 12.1 Å². The Morgan fingerprint density at radius 1 is 1.42 bits per heavy atom. The van der Waals surface area contributed by atoms with E-state index in [0.717, 1.165) is 9.35 Å². The number of halogens is 1. The summed E-state index contributed by atoms with van der Waals surface area (Å²) in [5, 5.41) is 21.7. The summed E-state index contributed by atoms with van der Waals surface area (Å²) in [6.07, 6.45) is 1.75. The second-order valence-electron chi connectivity index (χ2n) is 3.66. The summed E-state index contributed by atoms with van der Waals surface area (Å²) < 4.78 is 0.986. The molecule has 0 atom stereocenters. The van der Waals surface area contributed by atoms with Gasteiger partial charge in [-0.3, -0.25) is 10.1 Å². The third kappa shape index (κ3) is 3.28. The maximum atomic E-state index is 10.6. The van der Waals surface area contributed by atoms with E-state index in [-0.39, 0.29) is 5.69 Å². The molecule has 0 radical (unpaired) electrons. The highest BCUT2D eigenvalue weighted by atomic mass is 79.9. The van der Waals surface area contributed by atoms with Gasteiger partial charge in [-0.2, -0.15) is 5.26 Å². The summed E-state index contributed by atoms with van der Waals surface area (Å²) in [5.74, 6) is 0. The third-order valence-corrected chi connectivity index (χ3v) is 3.93. The molecule has 0 aliphatic rings. The highest BCUT2D eigenvalue weighted by molar-refractivity contribution is 9.11. The first-order chi connectivity index (χ1) is 9.10. The first-order valence-electron chi connectivity index (χ1n) is 5.21. The minimum atomic E-state index is -0.463. The molecule has 0 spiro atoms. The smallest absolute Gasteiger partial charge is 0.258 e. The quantitative estimate of drug-likeness (QED) is 0.472. The number of nitro benzene ring substituents is 1. The highest BCUT2D eigenvalue weighted by Gasteiger charge is 2.07. The normalized spacial score (nSPS) is 11.1. The summed E-state index contributed by atoms with van der Waals surface area (Å²) in [5.41, 5.74) is 2.07. The van der Waals surface area contributed by atoms with E-state index in [9.17, 15) is 10.1 Å². The van der Waals surface area contributed by atoms with E-state index >= 15 is 0 Å². The van der Waals surface area contributed by atoms with Crippen molar-refractivity contribution in [3.63, 3.8) is 0 Å². The van der Waals surface area contributed by atoms with Crippen LogP contribution in [0.4, 0.5) is 5.69 Å². The van der Waals surface area contributed by atoms with Crippen LogP contribution in [0.15, 0.2) is 39.5 Å². The Balaban J connectivity index is 2.35. The molecule has 2 rings (SSSR count). The van der Waals surface area contributed by atoms with E-state index in [2.05, 4.69) is 22.0 Å². The number of nitrogens with zero attached hydrogens (tertiary/aromatic N) is 2. The monoisotopic (exact) mass is 334 g/mol. The average molecular weight is 335 g/mol. The van der Waals surface area contributed by atoms with Crippen LogP contribution in [0.25, 0.3) is 11.6 Å². The van der Waals surface area contributed by atoms with Crippen molar-refractivity contribution in [2.24, 2.45) is 0 Å². The lowest BCUT2D eigenvalue weighted by atomic mass is 10.0. The summed E-state index contributed by atoms with van der Waals surface area (Å²) in [4.78, 5) is 10.1. The number of hydrogen-bond donors (Lipinski definition) is 0. The van der Waals surface area contributed by atoms with Gasteiger partial charge in [0.15, 0.2) is 0 Å². The minimum Gasteiger partial charge on any atom is -0.258 e. The van der Waals surface area contributed by atoms with Crippen molar-refractivity contribution in [3.05, 3.63) is 60.7 Å². The van der Waals surface area contributed by atoms with Crippen LogP contribution in [0.2, 0.25) is 0 Å². The molecule has 1 aromatic carbocycles. The van der Waals surface area contributed by atoms with Crippen LogP contribution in [0.5, 0.6) is 0 Å². The fourth-order valence-corrected chi connectivity index (χ4v) is 2.64. The molecule has 1 aromatic heterocycles. The van der Waals surface area contributed by atoms with E-state index in [0.29, 0.717) is 11.1 Å². The van der Waals surface area contributed by atoms with E-state index in [1.165, 1.54) is 23.5 Å². The van der Waals surface area contributed by atoms with Gasteiger partial charge in [-0.1, -0.05) is 0 Å². The standard InChI is InChI=1S/C13H7BrN2O2S/c14-13-6-9(8-19-13)5-11(7-15)10-1-3-12(4-2-10)16(17)18/h1-6,8H/b11-5-. The molecule has 2 aromatic rings. The lowest BCUT2D eigenvalue weighted by Gasteiger charge is -1.98. The number of benzene rings is 1. The largest absolute Gasteiger partial charge is 0.269 e. The number of thiophene rings is 1. The zero-order valence-electron chi connectivity index (χ0n) is 9.54. The molecular weight excluding hydrogens is 328 g/mol. The van der Waals surface area contributed by atoms with Gasteiger partial charge in [0.1, 0.15) is 0 Å². The number of nitriles is 1. The molecule has 0 amide bonds. The van der Waals surface area contributed by atoms with Gasteiger partial charge in [-0.15, -0.1) is 11.3 Å². The number of hydrogen-bond acceptors (Lipinski definition) is 4. The molecule has 94 valence electrons. The van der Waals surface area contributed by atoms with Crippen LogP contribution in [0.3, 0.4) is 0 Å². The maximum Gasteiger partial charge on any atom is 0.269 e. The summed E-state index contributed by atoms with van der Waals surface area (Å²) in [6.45, 7) is 0. The van der Waals surface area contributed by atoms with Crippen molar-refractivity contribution in [1.82, 2.24) is 0 Å². The van der Waals surface area contributed by atoms with Crippen LogP contribution in [0, 0.1) is 21.4 Å². The molecule has 4 nitrogen and oxygen atoms in total. The predicted molar refractivity (Wildman–Crippen MR) is 78.6 cm³/mol. The second kappa shape index (κ2) is 5.78. The Bertz CT molecular complexity index is 683. The van der Waals surface area contributed by atoms with E-state index in [4.69, 9.17) is 5.26 Å². The molecule has 1 heterocycles. The molecule has 0 saturated heterocycles. The SMILES string of the molecule is N#C/C(=C/c1csc(Br)c1)c1ccc([N+](=O)[O-])cc1. The Labute approximate surface area is 121 Å². The molecule has 0 aliphatic heterocycles. The zero-order valence-corrected chi connectivity index (χ0v) is 11.9. The molecule has 0 saturated carbocycles. The fraction of sp³-hybridized carbons (Fsp3) is 0. The minimum absolute atomic E-state index is 0.0133. The lowest BCUT2D eigenvalue weighted by Crippen LogP contribution is -1.88. The average Bonchev–Trinajstić information content (AvgIpc) is 2.81. The van der Waals surface area contributed by atoms with Gasteiger partial charge in [0.05, 0.1) is 20.4 Å². The van der Waals surface area contributed by atoms with Crippen molar-refractivity contribution < 1.29 is 4.92 Å². The molecule has 19 heavy (non-hydrogen) atoms. The van der Waals surface area contributed by atoms with Gasteiger partial charge in [-0.05, 0) is 56.7 Å². The molecule has 0 N–H and O–H groups in total. The van der Waals surface area contributed by atoms with Crippen LogP contribution in [-0.2, 0) is 0 Å². The number of non-ortho nitro benzene ring substituents is 1. The summed E-state index contributed by atoms with van der Waals surface area (Å²) in [7, 11) is 0. The number of allylic oxidation sites excluding steroid dienone is 1. The van der Waals surface area contributed by atoms with Crippen LogP contribution >= 0.6 is 27.3 Å². The molecule has 0 fully saturated rings. The fourth-order valence-electron chi connectivity index (χ4n) is 1.51. The predicted octanol–water partition coefficient (Wildman–Crippen LogP) is 4.48. The second-order valence-corrected chi connectivity index (χ2v) is 5.95. The molecular formula is C13H7BrN2O2S. The molecule has 0 bridgehead atoms. The first kappa shape index (κ1) is 13.5. The van der Waals surface area contributed by atoms with E-state index in [1.54, 1.807) is 18.2 Å². The maximum absolute atomic E-state index is 10.6. The van der Waals surface area contributed by atoms with Gasteiger partial charge >= 0.3 is 0 Å². The zero-order chi connectivity index (χ0) is 13.8. The topological polar surface area (TPSA) is 66.9 Å². The van der Waals surface area contributed by atoms with Crippen molar-refractivity contribution in [2.45, 2.75) is 0 Å². The van der Waals surface area contributed by atoms with Gasteiger partial charge in [-0.25, -0.2) is 0 Å². The number of nitro groups is 1.